The Morgan fingerprint density at radius 1 is 1.38 bits per heavy atom. The maximum atomic E-state index is 12.5. The quantitative estimate of drug-likeness (QED) is 0.794. The summed E-state index contributed by atoms with van der Waals surface area (Å²) in [6.45, 7) is 2.54. The molecule has 1 aliphatic heterocycles. The number of nitrogens with one attached hydrogen (secondary N) is 1. The van der Waals surface area contributed by atoms with Crippen LogP contribution in [0, 0.1) is 6.92 Å². The van der Waals surface area contributed by atoms with E-state index in [-0.39, 0.29) is 25.1 Å². The van der Waals surface area contributed by atoms with E-state index >= 15 is 0 Å². The number of nitrogens with zero attached hydrogens (tertiary/aromatic N) is 2. The molecule has 1 unspecified atom stereocenters. The predicted molar refractivity (Wildman–Crippen MR) is 90.6 cm³/mol. The molecule has 2 aromatic rings. The molecule has 1 amide bonds. The molecule has 1 aromatic carbocycles. The van der Waals surface area contributed by atoms with Gasteiger partial charge in [0.2, 0.25) is 0 Å². The Bertz CT molecular complexity index is 708. The molecule has 6 heteroatoms. The number of hydrogen-bond acceptors (Lipinski definition) is 5. The number of furan rings is 1. The average molecular weight is 327 g/mol. The molecule has 0 saturated heterocycles. The minimum atomic E-state index is -0.144. The minimum absolute atomic E-state index is 0.00438. The number of benzene rings is 1. The molecule has 0 bridgehead atoms. The Hall–Kier alpha value is -2.44. The Labute approximate surface area is 140 Å². The van der Waals surface area contributed by atoms with Gasteiger partial charge >= 0.3 is 0 Å². The maximum Gasteiger partial charge on any atom is 0.257 e. The lowest BCUT2D eigenvalue weighted by Gasteiger charge is -2.22. The van der Waals surface area contributed by atoms with E-state index in [2.05, 4.69) is 10.4 Å². The number of hydrazone groups is 1. The molecule has 0 aliphatic carbocycles. The summed E-state index contributed by atoms with van der Waals surface area (Å²) in [6.07, 6.45) is 2.22. The van der Waals surface area contributed by atoms with Crippen molar-refractivity contribution in [2.24, 2.45) is 5.10 Å². The van der Waals surface area contributed by atoms with Crippen LogP contribution in [0.3, 0.4) is 0 Å². The van der Waals surface area contributed by atoms with Gasteiger partial charge in [0.1, 0.15) is 11.5 Å². The lowest BCUT2D eigenvalue weighted by molar-refractivity contribution is -0.132. The molecule has 1 aliphatic rings. The highest BCUT2D eigenvalue weighted by Gasteiger charge is 2.33. The third kappa shape index (κ3) is 3.55. The Kier molecular flexibility index (Phi) is 5.08. The monoisotopic (exact) mass is 327 g/mol. The van der Waals surface area contributed by atoms with Gasteiger partial charge in [0.25, 0.3) is 5.91 Å². The molecule has 3 rings (SSSR count). The Balaban J connectivity index is 1.83. The van der Waals surface area contributed by atoms with Gasteiger partial charge in [-0.3, -0.25) is 4.79 Å². The van der Waals surface area contributed by atoms with Crippen LogP contribution in [0.1, 0.15) is 29.3 Å². The molecule has 0 fully saturated rings. The highest BCUT2D eigenvalue weighted by Crippen LogP contribution is 2.32. The number of hydrogen-bond donors (Lipinski definition) is 2. The van der Waals surface area contributed by atoms with E-state index in [4.69, 9.17) is 9.52 Å². The van der Waals surface area contributed by atoms with Crippen LogP contribution in [0.5, 0.6) is 0 Å². The second kappa shape index (κ2) is 7.42. The van der Waals surface area contributed by atoms with Gasteiger partial charge in [-0.15, -0.1) is 0 Å². The van der Waals surface area contributed by atoms with Gasteiger partial charge in [-0.2, -0.15) is 5.10 Å². The standard InChI is InChI=1S/C18H21N3O3/c1-13-4-6-14(7-5-13)16-11-15(17-3-2-10-24-17)20-21(16)18(23)12-19-8-9-22/h2-7,10,16,19,22H,8-9,11-12H2,1H3. The van der Waals surface area contributed by atoms with E-state index in [1.165, 1.54) is 10.6 Å². The average Bonchev–Trinajstić information content (AvgIpc) is 3.25. The van der Waals surface area contributed by atoms with E-state index in [0.717, 1.165) is 11.3 Å². The van der Waals surface area contributed by atoms with Crippen LogP contribution in [0.4, 0.5) is 0 Å². The third-order valence-corrected chi connectivity index (χ3v) is 4.00. The molecule has 2 N–H and O–H groups in total. The molecule has 24 heavy (non-hydrogen) atoms. The zero-order valence-corrected chi connectivity index (χ0v) is 13.6. The smallest absolute Gasteiger partial charge is 0.257 e. The van der Waals surface area contributed by atoms with E-state index in [9.17, 15) is 4.79 Å². The largest absolute Gasteiger partial charge is 0.463 e. The van der Waals surface area contributed by atoms with Crippen molar-refractivity contribution in [2.45, 2.75) is 19.4 Å². The Morgan fingerprint density at radius 2 is 2.17 bits per heavy atom. The summed E-state index contributed by atoms with van der Waals surface area (Å²) in [5, 5.41) is 17.8. The van der Waals surface area contributed by atoms with Crippen LogP contribution in [-0.2, 0) is 4.79 Å². The second-order valence-electron chi connectivity index (χ2n) is 5.79. The van der Waals surface area contributed by atoms with Crippen molar-refractivity contribution in [2.75, 3.05) is 19.7 Å². The summed E-state index contributed by atoms with van der Waals surface area (Å²) in [6, 6.07) is 11.6. The normalized spacial score (nSPS) is 17.2. The molecule has 126 valence electrons. The van der Waals surface area contributed by atoms with Crippen molar-refractivity contribution in [1.82, 2.24) is 10.3 Å². The van der Waals surface area contributed by atoms with E-state index in [1.807, 2.05) is 43.3 Å². The van der Waals surface area contributed by atoms with Gasteiger partial charge in [0, 0.05) is 13.0 Å². The number of amides is 1. The highest BCUT2D eigenvalue weighted by molar-refractivity contribution is 6.01. The molecule has 1 aromatic heterocycles. The molecular formula is C18H21N3O3. The van der Waals surface area contributed by atoms with Crippen LogP contribution in [0.25, 0.3) is 0 Å². The minimum Gasteiger partial charge on any atom is -0.463 e. The Morgan fingerprint density at radius 3 is 2.83 bits per heavy atom. The van der Waals surface area contributed by atoms with Crippen LogP contribution in [-0.4, -0.2) is 41.4 Å². The zero-order valence-electron chi connectivity index (χ0n) is 13.6. The SMILES string of the molecule is Cc1ccc(C2CC(c3ccco3)=NN2C(=O)CNCCO)cc1. The van der Waals surface area contributed by atoms with Crippen LogP contribution < -0.4 is 5.32 Å². The lowest BCUT2D eigenvalue weighted by atomic mass is 10.00. The number of aryl methyl sites for hydroxylation is 1. The van der Waals surface area contributed by atoms with Gasteiger partial charge in [0.05, 0.1) is 25.5 Å². The van der Waals surface area contributed by atoms with Gasteiger partial charge in [0.15, 0.2) is 0 Å². The van der Waals surface area contributed by atoms with E-state index < -0.39 is 0 Å². The van der Waals surface area contributed by atoms with Gasteiger partial charge in [-0.1, -0.05) is 29.8 Å². The van der Waals surface area contributed by atoms with Gasteiger partial charge in [-0.25, -0.2) is 5.01 Å². The first-order valence-electron chi connectivity index (χ1n) is 8.00. The van der Waals surface area contributed by atoms with E-state index in [1.54, 1.807) is 6.26 Å². The summed E-state index contributed by atoms with van der Waals surface area (Å²) < 4.78 is 5.43. The molecule has 0 radical (unpaired) electrons. The molecule has 1 atom stereocenters. The van der Waals surface area contributed by atoms with Crippen molar-refractivity contribution >= 4 is 11.6 Å². The lowest BCUT2D eigenvalue weighted by Crippen LogP contribution is -2.36. The molecule has 2 heterocycles. The first-order valence-corrected chi connectivity index (χ1v) is 8.00. The number of aliphatic hydroxyl groups excluding tert-OH is 1. The first kappa shape index (κ1) is 16.4. The van der Waals surface area contributed by atoms with Crippen molar-refractivity contribution < 1.29 is 14.3 Å². The van der Waals surface area contributed by atoms with E-state index in [0.29, 0.717) is 18.7 Å². The highest BCUT2D eigenvalue weighted by atomic mass is 16.3. The van der Waals surface area contributed by atoms with Crippen molar-refractivity contribution in [3.8, 4) is 0 Å². The van der Waals surface area contributed by atoms with Crippen LogP contribution in [0.15, 0.2) is 52.2 Å². The molecule has 0 saturated carbocycles. The summed E-state index contributed by atoms with van der Waals surface area (Å²) in [7, 11) is 0. The van der Waals surface area contributed by atoms with Crippen molar-refractivity contribution in [1.29, 1.82) is 0 Å². The summed E-state index contributed by atoms with van der Waals surface area (Å²) in [4.78, 5) is 12.5. The zero-order chi connectivity index (χ0) is 16.9. The molecule has 0 spiro atoms. The number of rotatable bonds is 6. The molecular weight excluding hydrogens is 306 g/mol. The van der Waals surface area contributed by atoms with Crippen molar-refractivity contribution in [3.05, 3.63) is 59.5 Å². The summed E-state index contributed by atoms with van der Waals surface area (Å²) in [5.41, 5.74) is 2.98. The van der Waals surface area contributed by atoms with Crippen molar-refractivity contribution in [3.63, 3.8) is 0 Å². The number of carbonyl (C=O) groups excluding carboxylic acids is 1. The fraction of sp³-hybridized carbons (Fsp3) is 0.333. The topological polar surface area (TPSA) is 78.1 Å². The first-order chi connectivity index (χ1) is 11.7. The fourth-order valence-corrected chi connectivity index (χ4v) is 2.74. The number of aliphatic hydroxyl groups is 1. The predicted octanol–water partition coefficient (Wildman–Crippen LogP) is 1.85. The second-order valence-corrected chi connectivity index (χ2v) is 5.79. The fourth-order valence-electron chi connectivity index (χ4n) is 2.74. The summed E-state index contributed by atoms with van der Waals surface area (Å²) in [5.74, 6) is 0.557. The van der Waals surface area contributed by atoms with Crippen LogP contribution in [0.2, 0.25) is 0 Å². The molecule has 6 nitrogen and oxygen atoms in total. The van der Waals surface area contributed by atoms with Crippen LogP contribution >= 0.6 is 0 Å². The van der Waals surface area contributed by atoms with Gasteiger partial charge < -0.3 is 14.8 Å². The number of carbonyl (C=O) groups is 1. The maximum absolute atomic E-state index is 12.5. The van der Waals surface area contributed by atoms with Gasteiger partial charge in [-0.05, 0) is 24.6 Å². The summed E-state index contributed by atoms with van der Waals surface area (Å²) >= 11 is 0. The third-order valence-electron chi connectivity index (χ3n) is 4.00.